The Balaban J connectivity index is 1.47. The summed E-state index contributed by atoms with van der Waals surface area (Å²) in [6.45, 7) is 0. The Hall–Kier alpha value is -2.46. The molecule has 5 rings (SSSR count). The van der Waals surface area contributed by atoms with Crippen molar-refractivity contribution in [2.45, 2.75) is 18.8 Å². The Bertz CT molecular complexity index is 977. The number of imidazole rings is 1. The Morgan fingerprint density at radius 3 is 2.87 bits per heavy atom. The lowest BCUT2D eigenvalue weighted by Gasteiger charge is -2.03. The summed E-state index contributed by atoms with van der Waals surface area (Å²) in [5, 5.41) is 3.43. The van der Waals surface area contributed by atoms with Crippen LogP contribution in [0.15, 0.2) is 48.1 Å². The van der Waals surface area contributed by atoms with E-state index in [0.717, 1.165) is 33.4 Å². The number of nitrogens with one attached hydrogen (secondary N) is 1. The number of aromatic nitrogens is 3. The van der Waals surface area contributed by atoms with Crippen molar-refractivity contribution in [1.82, 2.24) is 15.0 Å². The molecule has 0 spiro atoms. The van der Waals surface area contributed by atoms with Gasteiger partial charge in [-0.2, -0.15) is 0 Å². The lowest BCUT2D eigenvalue weighted by Crippen LogP contribution is -1.83. The highest BCUT2D eigenvalue weighted by molar-refractivity contribution is 7.10. The van der Waals surface area contributed by atoms with Gasteiger partial charge in [0.05, 0.1) is 28.1 Å². The van der Waals surface area contributed by atoms with Crippen LogP contribution in [0.4, 0.5) is 0 Å². The molecule has 0 aliphatic heterocycles. The zero-order valence-corrected chi connectivity index (χ0v) is 13.2. The molecule has 0 saturated heterocycles. The topological polar surface area (TPSA) is 41.6 Å². The number of thiazole rings is 1. The first kappa shape index (κ1) is 13.0. The molecule has 1 saturated carbocycles. The highest BCUT2D eigenvalue weighted by Crippen LogP contribution is 2.42. The third kappa shape index (κ3) is 2.35. The third-order valence-corrected chi connectivity index (χ3v) is 5.30. The number of benzene rings is 2. The number of hydrogen-bond donors (Lipinski definition) is 1. The zero-order valence-electron chi connectivity index (χ0n) is 12.4. The second-order valence-electron chi connectivity index (χ2n) is 5.97. The summed E-state index contributed by atoms with van der Waals surface area (Å²) in [4.78, 5) is 12.2. The number of aromatic amines is 1. The molecule has 2 aromatic heterocycles. The van der Waals surface area contributed by atoms with Crippen molar-refractivity contribution in [1.29, 1.82) is 0 Å². The summed E-state index contributed by atoms with van der Waals surface area (Å²) in [5.41, 5.74) is 6.47. The summed E-state index contributed by atoms with van der Waals surface area (Å²) in [6.07, 6.45) is 4.32. The zero-order chi connectivity index (χ0) is 15.2. The Morgan fingerprint density at radius 1 is 1.13 bits per heavy atom. The highest BCUT2D eigenvalue weighted by atomic mass is 32.1. The van der Waals surface area contributed by atoms with Gasteiger partial charge < -0.3 is 4.98 Å². The molecule has 1 aliphatic rings. The van der Waals surface area contributed by atoms with Gasteiger partial charge in [0, 0.05) is 16.9 Å². The molecule has 111 valence electrons. The van der Waals surface area contributed by atoms with Gasteiger partial charge in [0.1, 0.15) is 0 Å². The molecule has 2 aromatic carbocycles. The smallest absolute Gasteiger partial charge is 0.0963 e. The molecule has 4 aromatic rings. The summed E-state index contributed by atoms with van der Waals surface area (Å²) in [5.74, 6) is 0.716. The van der Waals surface area contributed by atoms with Crippen molar-refractivity contribution < 1.29 is 0 Å². The monoisotopic (exact) mass is 316 g/mol. The molecule has 2 heterocycles. The molecule has 1 radical (unpaired) electrons. The van der Waals surface area contributed by atoms with Gasteiger partial charge in [-0.15, -0.1) is 11.3 Å². The summed E-state index contributed by atoms with van der Waals surface area (Å²) >= 11 is 1.78. The predicted octanol–water partition coefficient (Wildman–Crippen LogP) is 5.03. The van der Waals surface area contributed by atoms with Gasteiger partial charge in [0.25, 0.3) is 0 Å². The van der Waals surface area contributed by atoms with E-state index in [9.17, 15) is 0 Å². The average molecular weight is 316 g/mol. The second kappa shape index (κ2) is 5.03. The van der Waals surface area contributed by atoms with Crippen LogP contribution in [0.2, 0.25) is 0 Å². The van der Waals surface area contributed by atoms with E-state index in [4.69, 9.17) is 4.98 Å². The summed E-state index contributed by atoms with van der Waals surface area (Å²) in [7, 11) is 0. The van der Waals surface area contributed by atoms with Crippen LogP contribution in [0, 0.1) is 6.07 Å². The van der Waals surface area contributed by atoms with Crippen LogP contribution >= 0.6 is 11.3 Å². The van der Waals surface area contributed by atoms with E-state index in [0.29, 0.717) is 5.92 Å². The first-order chi connectivity index (χ1) is 11.4. The first-order valence-electron chi connectivity index (χ1n) is 7.78. The molecular weight excluding hydrogens is 302 g/mol. The minimum Gasteiger partial charge on any atom is -0.345 e. The maximum atomic E-state index is 4.75. The standard InChI is InChI=1S/C19H14N3S/c1-3-13(18-10-23-19(22-18)14-5-6-14)4-2-12(1)15-7-8-16-17(9-15)21-11-20-16/h1-3,7-11,14H,5-6H2,(H,20,21). The van der Waals surface area contributed by atoms with Gasteiger partial charge in [0.15, 0.2) is 0 Å². The van der Waals surface area contributed by atoms with Gasteiger partial charge in [0.2, 0.25) is 0 Å². The van der Waals surface area contributed by atoms with E-state index in [2.05, 4.69) is 51.7 Å². The molecule has 0 unspecified atom stereocenters. The van der Waals surface area contributed by atoms with E-state index in [1.54, 1.807) is 17.7 Å². The normalized spacial score (nSPS) is 14.4. The molecule has 1 aliphatic carbocycles. The van der Waals surface area contributed by atoms with Gasteiger partial charge >= 0.3 is 0 Å². The number of fused-ring (bicyclic) bond motifs is 1. The molecule has 3 nitrogen and oxygen atoms in total. The van der Waals surface area contributed by atoms with Crippen molar-refractivity contribution >= 4 is 22.4 Å². The van der Waals surface area contributed by atoms with Crippen molar-refractivity contribution in [3.05, 3.63) is 59.2 Å². The Labute approximate surface area is 138 Å². The Kier molecular flexibility index (Phi) is 2.85. The molecule has 23 heavy (non-hydrogen) atoms. The number of rotatable bonds is 3. The van der Waals surface area contributed by atoms with Crippen molar-refractivity contribution in [3.63, 3.8) is 0 Å². The fourth-order valence-corrected chi connectivity index (χ4v) is 3.80. The Morgan fingerprint density at radius 2 is 2.04 bits per heavy atom. The molecule has 0 atom stereocenters. The van der Waals surface area contributed by atoms with Crippen molar-refractivity contribution in [2.75, 3.05) is 0 Å². The number of H-pyrrole nitrogens is 1. The van der Waals surface area contributed by atoms with E-state index in [-0.39, 0.29) is 0 Å². The average Bonchev–Trinajstić information content (AvgIpc) is 3.14. The van der Waals surface area contributed by atoms with E-state index in [1.807, 2.05) is 6.07 Å². The highest BCUT2D eigenvalue weighted by Gasteiger charge is 2.26. The van der Waals surface area contributed by atoms with Crippen LogP contribution in [0.1, 0.15) is 23.8 Å². The van der Waals surface area contributed by atoms with Crippen molar-refractivity contribution in [2.24, 2.45) is 0 Å². The number of hydrogen-bond acceptors (Lipinski definition) is 3. The molecule has 0 amide bonds. The number of nitrogens with zero attached hydrogens (tertiary/aromatic N) is 2. The summed E-state index contributed by atoms with van der Waals surface area (Å²) in [6, 6.07) is 15.9. The van der Waals surface area contributed by atoms with Crippen LogP contribution in [0.25, 0.3) is 33.4 Å². The molecule has 1 fully saturated rings. The SMILES string of the molecule is [c]1cc(-c2ccc3[nH]cnc3c2)ccc1-c1csc(C2CC2)n1. The van der Waals surface area contributed by atoms with Gasteiger partial charge in [-0.25, -0.2) is 9.97 Å². The van der Waals surface area contributed by atoms with E-state index < -0.39 is 0 Å². The van der Waals surface area contributed by atoms with Crippen molar-refractivity contribution in [3.8, 4) is 22.4 Å². The molecular formula is C19H14N3S. The largest absolute Gasteiger partial charge is 0.345 e. The van der Waals surface area contributed by atoms with E-state index in [1.165, 1.54) is 17.8 Å². The fourth-order valence-electron chi connectivity index (χ4n) is 2.80. The van der Waals surface area contributed by atoms with Crippen LogP contribution in [0.3, 0.4) is 0 Å². The maximum Gasteiger partial charge on any atom is 0.0963 e. The first-order valence-corrected chi connectivity index (χ1v) is 8.66. The quantitative estimate of drug-likeness (QED) is 0.576. The third-order valence-electron chi connectivity index (χ3n) is 4.29. The lowest BCUT2D eigenvalue weighted by molar-refractivity contribution is 1.09. The van der Waals surface area contributed by atoms with Gasteiger partial charge in [-0.1, -0.05) is 18.2 Å². The van der Waals surface area contributed by atoms with Crippen LogP contribution < -0.4 is 0 Å². The molecule has 4 heteroatoms. The van der Waals surface area contributed by atoms with Crippen LogP contribution in [-0.2, 0) is 0 Å². The van der Waals surface area contributed by atoms with Crippen LogP contribution in [0.5, 0.6) is 0 Å². The molecule has 0 bridgehead atoms. The fraction of sp³-hybridized carbons (Fsp3) is 0.158. The lowest BCUT2D eigenvalue weighted by atomic mass is 10.0. The minimum absolute atomic E-state index is 0.716. The predicted molar refractivity (Wildman–Crippen MR) is 93.4 cm³/mol. The second-order valence-corrected chi connectivity index (χ2v) is 6.86. The summed E-state index contributed by atoms with van der Waals surface area (Å²) < 4.78 is 0. The minimum atomic E-state index is 0.716. The van der Waals surface area contributed by atoms with E-state index >= 15 is 0 Å². The molecule has 1 N–H and O–H groups in total. The van der Waals surface area contributed by atoms with Gasteiger partial charge in [-0.05, 0) is 48.2 Å². The maximum absolute atomic E-state index is 4.75. The van der Waals surface area contributed by atoms with Gasteiger partial charge in [-0.3, -0.25) is 0 Å². The van der Waals surface area contributed by atoms with Crippen LogP contribution in [-0.4, -0.2) is 15.0 Å².